The molecular formula is C20H26Cl2FN5O. The molecule has 2 N–H and O–H groups in total. The fourth-order valence-electron chi connectivity index (χ4n) is 3.47. The Labute approximate surface area is 181 Å². The first-order valence-electron chi connectivity index (χ1n) is 9.36. The number of aromatic nitrogens is 2. The van der Waals surface area contributed by atoms with Gasteiger partial charge in [-0.15, -0.1) is 12.4 Å². The van der Waals surface area contributed by atoms with Crippen LogP contribution in [0.3, 0.4) is 0 Å². The lowest BCUT2D eigenvalue weighted by atomic mass is 9.91. The Morgan fingerprint density at radius 3 is 2.45 bits per heavy atom. The summed E-state index contributed by atoms with van der Waals surface area (Å²) in [7, 11) is 3.91. The predicted octanol–water partition coefficient (Wildman–Crippen LogP) is 4.22. The lowest BCUT2D eigenvalue weighted by Gasteiger charge is -2.30. The van der Waals surface area contributed by atoms with Crippen molar-refractivity contribution in [3.05, 3.63) is 46.4 Å². The Kier molecular flexibility index (Phi) is 8.05. The van der Waals surface area contributed by atoms with E-state index in [2.05, 4.69) is 20.6 Å². The molecule has 6 nitrogen and oxygen atoms in total. The number of carbonyl (C=O) groups excluding carboxylic acids is 1. The van der Waals surface area contributed by atoms with E-state index in [1.54, 1.807) is 0 Å². The van der Waals surface area contributed by atoms with E-state index < -0.39 is 5.82 Å². The molecule has 0 saturated heterocycles. The van der Waals surface area contributed by atoms with Gasteiger partial charge in [-0.25, -0.2) is 9.37 Å². The standard InChI is InChI=1S/C20H25ClFN5O.ClH/c1-12-11-23-20(26-18(12)27(2)3)25-17-6-4-16(5-7-17)24-19(28)13-8-14(21)10-15(22)9-13;/h8-11,16-17H,4-7H2,1-3H3,(H,24,28)(H,23,25,26);1H/t16-,17+;. The Morgan fingerprint density at radius 1 is 1.17 bits per heavy atom. The first-order chi connectivity index (χ1) is 13.3. The lowest BCUT2D eigenvalue weighted by molar-refractivity contribution is 0.0926. The fraction of sp³-hybridized carbons (Fsp3) is 0.450. The number of aryl methyl sites for hydroxylation is 1. The third-order valence-corrected chi connectivity index (χ3v) is 5.11. The molecule has 1 saturated carbocycles. The van der Waals surface area contributed by atoms with E-state index in [0.29, 0.717) is 5.95 Å². The summed E-state index contributed by atoms with van der Waals surface area (Å²) in [4.78, 5) is 23.3. The van der Waals surface area contributed by atoms with Crippen LogP contribution >= 0.6 is 24.0 Å². The van der Waals surface area contributed by atoms with Crippen LogP contribution in [0.15, 0.2) is 24.4 Å². The van der Waals surface area contributed by atoms with Crippen molar-refractivity contribution in [3.63, 3.8) is 0 Å². The van der Waals surface area contributed by atoms with E-state index in [9.17, 15) is 9.18 Å². The van der Waals surface area contributed by atoms with Crippen molar-refractivity contribution in [3.8, 4) is 0 Å². The van der Waals surface area contributed by atoms with Gasteiger partial charge in [-0.3, -0.25) is 4.79 Å². The Morgan fingerprint density at radius 2 is 1.83 bits per heavy atom. The summed E-state index contributed by atoms with van der Waals surface area (Å²) in [6.07, 6.45) is 5.27. The smallest absolute Gasteiger partial charge is 0.251 e. The highest BCUT2D eigenvalue weighted by molar-refractivity contribution is 6.31. The summed E-state index contributed by atoms with van der Waals surface area (Å²) in [5.74, 6) is 0.708. The number of halogens is 3. The van der Waals surface area contributed by atoms with Gasteiger partial charge in [-0.1, -0.05) is 11.6 Å². The van der Waals surface area contributed by atoms with Gasteiger partial charge in [-0.2, -0.15) is 4.98 Å². The number of hydrogen-bond donors (Lipinski definition) is 2. The summed E-state index contributed by atoms with van der Waals surface area (Å²) in [6.45, 7) is 1.98. The van der Waals surface area contributed by atoms with Crippen LogP contribution in [0.4, 0.5) is 16.2 Å². The molecule has 158 valence electrons. The third-order valence-electron chi connectivity index (χ3n) is 4.89. The van der Waals surface area contributed by atoms with E-state index in [4.69, 9.17) is 11.6 Å². The van der Waals surface area contributed by atoms with Gasteiger partial charge in [0.2, 0.25) is 5.95 Å². The SMILES string of the molecule is Cc1cnc(N[C@H]2CC[C@@H](NC(=O)c3cc(F)cc(Cl)c3)CC2)nc1N(C)C.Cl. The van der Waals surface area contributed by atoms with E-state index in [0.717, 1.165) is 37.1 Å². The second-order valence-electron chi connectivity index (χ2n) is 7.42. The summed E-state index contributed by atoms with van der Waals surface area (Å²) >= 11 is 5.83. The number of amides is 1. The van der Waals surface area contributed by atoms with E-state index in [-0.39, 0.29) is 41.0 Å². The highest BCUT2D eigenvalue weighted by Crippen LogP contribution is 2.23. The zero-order valence-corrected chi connectivity index (χ0v) is 18.3. The minimum atomic E-state index is -0.513. The van der Waals surface area contributed by atoms with Crippen LogP contribution < -0.4 is 15.5 Å². The van der Waals surface area contributed by atoms with Crippen LogP contribution in [0.1, 0.15) is 41.6 Å². The molecule has 1 aliphatic carbocycles. The van der Waals surface area contributed by atoms with Gasteiger partial charge in [0.1, 0.15) is 11.6 Å². The summed E-state index contributed by atoms with van der Waals surface area (Å²) < 4.78 is 13.4. The van der Waals surface area contributed by atoms with Gasteiger partial charge in [0.05, 0.1) is 0 Å². The zero-order chi connectivity index (χ0) is 20.3. The van der Waals surface area contributed by atoms with E-state index in [1.807, 2.05) is 32.1 Å². The maximum atomic E-state index is 13.4. The molecule has 0 bridgehead atoms. The van der Waals surface area contributed by atoms with Crippen LogP contribution in [0.25, 0.3) is 0 Å². The minimum absolute atomic E-state index is 0. The van der Waals surface area contributed by atoms with Crippen molar-refractivity contribution in [1.29, 1.82) is 0 Å². The zero-order valence-electron chi connectivity index (χ0n) is 16.7. The molecular weight excluding hydrogens is 416 g/mol. The maximum absolute atomic E-state index is 13.4. The van der Waals surface area contributed by atoms with Gasteiger partial charge in [-0.05, 0) is 50.8 Å². The quantitative estimate of drug-likeness (QED) is 0.726. The second-order valence-corrected chi connectivity index (χ2v) is 7.86. The Bertz CT molecular complexity index is 837. The molecule has 0 radical (unpaired) electrons. The number of anilines is 2. The van der Waals surface area contributed by atoms with Crippen LogP contribution in [0, 0.1) is 12.7 Å². The van der Waals surface area contributed by atoms with E-state index >= 15 is 0 Å². The molecule has 0 aliphatic heterocycles. The third kappa shape index (κ3) is 6.18. The molecule has 29 heavy (non-hydrogen) atoms. The number of nitrogens with zero attached hydrogens (tertiary/aromatic N) is 3. The van der Waals surface area contributed by atoms with Gasteiger partial charge < -0.3 is 15.5 Å². The molecule has 1 amide bonds. The monoisotopic (exact) mass is 441 g/mol. The van der Waals surface area contributed by atoms with E-state index in [1.165, 1.54) is 18.2 Å². The van der Waals surface area contributed by atoms with Crippen molar-refractivity contribution in [2.45, 2.75) is 44.7 Å². The average molecular weight is 442 g/mol. The van der Waals surface area contributed by atoms with Gasteiger partial charge in [0, 0.05) is 48.5 Å². The largest absolute Gasteiger partial charge is 0.362 e. The molecule has 9 heteroatoms. The molecule has 0 unspecified atom stereocenters. The van der Waals surface area contributed by atoms with Crippen molar-refractivity contribution in [2.75, 3.05) is 24.3 Å². The van der Waals surface area contributed by atoms with Crippen LogP contribution in [0.2, 0.25) is 5.02 Å². The number of hydrogen-bond acceptors (Lipinski definition) is 5. The lowest BCUT2D eigenvalue weighted by Crippen LogP contribution is -2.40. The van der Waals surface area contributed by atoms with Gasteiger partial charge >= 0.3 is 0 Å². The fourth-order valence-corrected chi connectivity index (χ4v) is 3.70. The number of carbonyl (C=O) groups is 1. The summed E-state index contributed by atoms with van der Waals surface area (Å²) in [5.41, 5.74) is 1.27. The second kappa shape index (κ2) is 10.1. The van der Waals surface area contributed by atoms with Gasteiger partial charge in [0.25, 0.3) is 5.91 Å². The van der Waals surface area contributed by atoms with Crippen LogP contribution in [-0.2, 0) is 0 Å². The van der Waals surface area contributed by atoms with Crippen molar-refractivity contribution < 1.29 is 9.18 Å². The normalized spacial score (nSPS) is 18.5. The predicted molar refractivity (Wildman–Crippen MR) is 117 cm³/mol. The number of rotatable bonds is 5. The van der Waals surface area contributed by atoms with Crippen molar-refractivity contribution in [2.24, 2.45) is 0 Å². The molecule has 1 heterocycles. The highest BCUT2D eigenvalue weighted by atomic mass is 35.5. The molecule has 0 atom stereocenters. The molecule has 1 aliphatic rings. The molecule has 0 spiro atoms. The first-order valence-corrected chi connectivity index (χ1v) is 9.74. The Hall–Kier alpha value is -2.12. The topological polar surface area (TPSA) is 70.1 Å². The van der Waals surface area contributed by atoms with Crippen LogP contribution in [0.5, 0.6) is 0 Å². The average Bonchev–Trinajstić information content (AvgIpc) is 2.64. The number of benzene rings is 1. The molecule has 1 fully saturated rings. The van der Waals surface area contributed by atoms with Gasteiger partial charge in [0.15, 0.2) is 0 Å². The molecule has 3 rings (SSSR count). The van der Waals surface area contributed by atoms with Crippen LogP contribution in [-0.4, -0.2) is 42.1 Å². The number of nitrogens with one attached hydrogen (secondary N) is 2. The molecule has 1 aromatic heterocycles. The molecule has 2 aromatic rings. The first kappa shape index (κ1) is 23.2. The highest BCUT2D eigenvalue weighted by Gasteiger charge is 2.24. The maximum Gasteiger partial charge on any atom is 0.251 e. The summed E-state index contributed by atoms with van der Waals surface area (Å²) in [6, 6.07) is 4.18. The molecule has 1 aromatic carbocycles. The van der Waals surface area contributed by atoms with Crippen molar-refractivity contribution in [1.82, 2.24) is 15.3 Å². The van der Waals surface area contributed by atoms with Crippen molar-refractivity contribution >= 4 is 41.7 Å². The Balaban J connectivity index is 0.00000300. The minimum Gasteiger partial charge on any atom is -0.362 e. The summed E-state index contributed by atoms with van der Waals surface area (Å²) in [5, 5.41) is 6.59.